The second-order valence-corrected chi connectivity index (χ2v) is 5.32. The Kier molecular flexibility index (Phi) is 2.99. The summed E-state index contributed by atoms with van der Waals surface area (Å²) in [4.78, 5) is 0. The van der Waals surface area contributed by atoms with Gasteiger partial charge in [-0.25, -0.2) is 0 Å². The Morgan fingerprint density at radius 3 is 2.93 bits per heavy atom. The van der Waals surface area contributed by atoms with Gasteiger partial charge in [0.2, 0.25) is 0 Å². The van der Waals surface area contributed by atoms with Crippen LogP contribution >= 0.6 is 0 Å². The van der Waals surface area contributed by atoms with Gasteiger partial charge in [-0.05, 0) is 23.5 Å². The topological polar surface area (TPSA) is 43.1 Å². The van der Waals surface area contributed by atoms with Gasteiger partial charge < -0.3 is 5.73 Å². The lowest BCUT2D eigenvalue weighted by atomic mass is 9.79. The van der Waals surface area contributed by atoms with Crippen molar-refractivity contribution in [3.63, 3.8) is 0 Å². The molecule has 2 rings (SSSR count). The number of hydrogen-bond donors (Lipinski definition) is 1. The Balaban J connectivity index is 1.96. The van der Waals surface area contributed by atoms with Crippen molar-refractivity contribution in [2.75, 3.05) is 18.1 Å². The number of nitrogens with two attached hydrogens (primary N) is 1. The van der Waals surface area contributed by atoms with E-state index in [-0.39, 0.29) is 0 Å². The molecule has 0 amide bonds. The lowest BCUT2D eigenvalue weighted by Gasteiger charge is -2.29. The summed E-state index contributed by atoms with van der Waals surface area (Å²) >= 11 is 0. The van der Waals surface area contributed by atoms with E-state index in [1.165, 1.54) is 11.1 Å². The smallest absolute Gasteiger partial charge is 0.0358 e. The number of rotatable bonds is 4. The van der Waals surface area contributed by atoms with E-state index in [4.69, 9.17) is 5.73 Å². The van der Waals surface area contributed by atoms with E-state index in [1.54, 1.807) is 0 Å². The minimum Gasteiger partial charge on any atom is -0.330 e. The van der Waals surface area contributed by atoms with Crippen molar-refractivity contribution >= 4 is 10.8 Å². The highest BCUT2D eigenvalue weighted by atomic mass is 32.2. The second kappa shape index (κ2) is 4.24. The second-order valence-electron chi connectivity index (χ2n) is 3.70. The molecule has 1 aliphatic carbocycles. The fraction of sp³-hybridized carbons (Fsp3) is 0.455. The molecule has 3 heteroatoms. The molecule has 2 N–H and O–H groups in total. The minimum absolute atomic E-state index is 0.513. The SMILES string of the molecule is NCCS(=O)CC1Cc2ccccc21. The van der Waals surface area contributed by atoms with Gasteiger partial charge in [0.1, 0.15) is 0 Å². The summed E-state index contributed by atoms with van der Waals surface area (Å²) in [7, 11) is -0.731. The quantitative estimate of drug-likeness (QED) is 0.805. The van der Waals surface area contributed by atoms with Crippen LogP contribution in [0, 0.1) is 0 Å². The zero-order chi connectivity index (χ0) is 9.97. The molecule has 2 unspecified atom stereocenters. The highest BCUT2D eigenvalue weighted by molar-refractivity contribution is 7.85. The molecule has 0 saturated heterocycles. The monoisotopic (exact) mass is 209 g/mol. The highest BCUT2D eigenvalue weighted by Crippen LogP contribution is 2.35. The van der Waals surface area contributed by atoms with Crippen molar-refractivity contribution in [2.24, 2.45) is 5.73 Å². The van der Waals surface area contributed by atoms with E-state index in [9.17, 15) is 4.21 Å². The third-order valence-electron chi connectivity index (χ3n) is 2.69. The summed E-state index contributed by atoms with van der Waals surface area (Å²) in [5.74, 6) is 1.94. The molecule has 0 aliphatic heterocycles. The Morgan fingerprint density at radius 1 is 1.43 bits per heavy atom. The van der Waals surface area contributed by atoms with Gasteiger partial charge in [0.05, 0.1) is 0 Å². The summed E-state index contributed by atoms with van der Waals surface area (Å²) < 4.78 is 11.5. The lowest BCUT2D eigenvalue weighted by Crippen LogP contribution is -2.24. The third-order valence-corrected chi connectivity index (χ3v) is 4.16. The maximum Gasteiger partial charge on any atom is 0.0358 e. The molecule has 0 radical (unpaired) electrons. The van der Waals surface area contributed by atoms with Gasteiger partial charge in [-0.3, -0.25) is 4.21 Å². The van der Waals surface area contributed by atoms with Crippen LogP contribution in [0.5, 0.6) is 0 Å². The fourth-order valence-electron chi connectivity index (χ4n) is 1.95. The van der Waals surface area contributed by atoms with Crippen molar-refractivity contribution in [3.05, 3.63) is 35.4 Å². The minimum atomic E-state index is -0.731. The molecular weight excluding hydrogens is 194 g/mol. The number of hydrogen-bond acceptors (Lipinski definition) is 2. The molecule has 1 aromatic rings. The van der Waals surface area contributed by atoms with Gasteiger partial charge in [-0.15, -0.1) is 0 Å². The van der Waals surface area contributed by atoms with Crippen LogP contribution in [0.25, 0.3) is 0 Å². The molecule has 0 spiro atoms. The third kappa shape index (κ3) is 1.88. The Bertz CT molecular complexity index is 351. The van der Waals surface area contributed by atoms with Gasteiger partial charge in [0.25, 0.3) is 0 Å². The normalized spacial score (nSPS) is 21.1. The van der Waals surface area contributed by atoms with E-state index >= 15 is 0 Å². The van der Waals surface area contributed by atoms with Crippen molar-refractivity contribution in [1.29, 1.82) is 0 Å². The maximum atomic E-state index is 11.5. The first-order chi connectivity index (χ1) is 6.81. The summed E-state index contributed by atoms with van der Waals surface area (Å²) in [5, 5.41) is 0. The predicted molar refractivity (Wildman–Crippen MR) is 59.8 cm³/mol. The molecule has 1 aromatic carbocycles. The fourth-order valence-corrected chi connectivity index (χ4v) is 3.13. The average Bonchev–Trinajstić information content (AvgIpc) is 2.15. The zero-order valence-corrected chi connectivity index (χ0v) is 8.93. The van der Waals surface area contributed by atoms with Crippen molar-refractivity contribution in [1.82, 2.24) is 0 Å². The van der Waals surface area contributed by atoms with E-state index in [2.05, 4.69) is 24.3 Å². The summed E-state index contributed by atoms with van der Waals surface area (Å²) in [6.45, 7) is 0.529. The molecule has 2 atom stereocenters. The van der Waals surface area contributed by atoms with E-state index in [0.717, 1.165) is 12.2 Å². The van der Waals surface area contributed by atoms with Crippen LogP contribution in [0.1, 0.15) is 17.0 Å². The van der Waals surface area contributed by atoms with E-state index in [0.29, 0.717) is 18.2 Å². The van der Waals surface area contributed by atoms with E-state index < -0.39 is 10.8 Å². The standard InChI is InChI=1S/C11H15NOS/c12-5-6-14(13)8-10-7-9-3-1-2-4-11(9)10/h1-4,10H,5-8,12H2. The first-order valence-corrected chi connectivity index (χ1v) is 6.43. The van der Waals surface area contributed by atoms with Gasteiger partial charge in [-0.2, -0.15) is 0 Å². The molecule has 0 heterocycles. The Morgan fingerprint density at radius 2 is 2.21 bits per heavy atom. The van der Waals surface area contributed by atoms with Gasteiger partial charge in [0.15, 0.2) is 0 Å². The molecular formula is C11H15NOS. The summed E-state index contributed by atoms with van der Waals surface area (Å²) in [5.41, 5.74) is 8.17. The van der Waals surface area contributed by atoms with Gasteiger partial charge in [-0.1, -0.05) is 24.3 Å². The van der Waals surface area contributed by atoms with E-state index in [1.807, 2.05) is 0 Å². The molecule has 76 valence electrons. The number of benzene rings is 1. The summed E-state index contributed by atoms with van der Waals surface area (Å²) in [6.07, 6.45) is 1.09. The predicted octanol–water partition coefficient (Wildman–Crippen LogP) is 1.03. The maximum absolute atomic E-state index is 11.5. The van der Waals surface area contributed by atoms with Crippen LogP contribution in [-0.4, -0.2) is 22.3 Å². The molecule has 0 bridgehead atoms. The summed E-state index contributed by atoms with van der Waals surface area (Å²) in [6, 6.07) is 8.41. The Labute approximate surface area is 87.0 Å². The molecule has 14 heavy (non-hydrogen) atoms. The lowest BCUT2D eigenvalue weighted by molar-refractivity contribution is 0.644. The number of fused-ring (bicyclic) bond motifs is 1. The Hall–Kier alpha value is -0.670. The van der Waals surface area contributed by atoms with Crippen LogP contribution in [0.2, 0.25) is 0 Å². The van der Waals surface area contributed by atoms with Gasteiger partial charge >= 0.3 is 0 Å². The van der Waals surface area contributed by atoms with Crippen molar-refractivity contribution in [3.8, 4) is 0 Å². The van der Waals surface area contributed by atoms with Crippen LogP contribution in [-0.2, 0) is 17.2 Å². The van der Waals surface area contributed by atoms with Crippen LogP contribution in [0.15, 0.2) is 24.3 Å². The van der Waals surface area contributed by atoms with Crippen molar-refractivity contribution < 1.29 is 4.21 Å². The molecule has 2 nitrogen and oxygen atoms in total. The zero-order valence-electron chi connectivity index (χ0n) is 8.11. The average molecular weight is 209 g/mol. The highest BCUT2D eigenvalue weighted by Gasteiger charge is 2.26. The molecule has 0 saturated carbocycles. The largest absolute Gasteiger partial charge is 0.330 e. The first kappa shape index (κ1) is 9.87. The van der Waals surface area contributed by atoms with Gasteiger partial charge in [0, 0.05) is 28.9 Å². The van der Waals surface area contributed by atoms with Crippen molar-refractivity contribution in [2.45, 2.75) is 12.3 Å². The molecule has 0 aromatic heterocycles. The molecule has 0 fully saturated rings. The molecule has 1 aliphatic rings. The van der Waals surface area contributed by atoms with Crippen LogP contribution in [0.3, 0.4) is 0 Å². The van der Waals surface area contributed by atoms with Crippen LogP contribution in [0.4, 0.5) is 0 Å². The van der Waals surface area contributed by atoms with Crippen LogP contribution < -0.4 is 5.73 Å². The first-order valence-electron chi connectivity index (χ1n) is 4.94.